The van der Waals surface area contributed by atoms with Crippen molar-refractivity contribution in [3.8, 4) is 0 Å². The van der Waals surface area contributed by atoms with Gasteiger partial charge in [0.1, 0.15) is 31.4 Å². The fraction of sp³-hybridized carbons (Fsp3) is 0.227. The van der Waals surface area contributed by atoms with Gasteiger partial charge in [-0.2, -0.15) is 4.98 Å². The summed E-state index contributed by atoms with van der Waals surface area (Å²) in [5, 5.41) is 0.944. The number of benzene rings is 2. The summed E-state index contributed by atoms with van der Waals surface area (Å²) in [6.45, 7) is -0.235. The van der Waals surface area contributed by atoms with Gasteiger partial charge in [-0.1, -0.05) is 23.2 Å². The molecule has 0 radical (unpaired) electrons. The first-order valence-electron chi connectivity index (χ1n) is 10.1. The molecule has 3 aromatic rings. The van der Waals surface area contributed by atoms with E-state index in [2.05, 4.69) is 9.97 Å². The normalized spacial score (nSPS) is 19.5. The Morgan fingerprint density at radius 3 is 2.21 bits per heavy atom. The molecule has 1 fully saturated rings. The lowest BCUT2D eigenvalue weighted by Crippen LogP contribution is -2.32. The van der Waals surface area contributed by atoms with Crippen LogP contribution >= 0.6 is 23.2 Å². The maximum absolute atomic E-state index is 12.7. The minimum Gasteiger partial charge on any atom is -0.459 e. The lowest BCUT2D eigenvalue weighted by molar-refractivity contribution is -0.0584. The van der Waals surface area contributed by atoms with Gasteiger partial charge in [0.25, 0.3) is 0 Å². The van der Waals surface area contributed by atoms with Crippen molar-refractivity contribution in [2.45, 2.75) is 24.9 Å². The Hall–Kier alpha value is -3.47. The number of nitrogen functional groups attached to an aromatic ring is 1. The second-order valence-corrected chi connectivity index (χ2v) is 8.20. The molecule has 3 atom stereocenters. The molecule has 10 nitrogen and oxygen atoms in total. The summed E-state index contributed by atoms with van der Waals surface area (Å²) in [6, 6.07) is 12.3. The lowest BCUT2D eigenvalue weighted by Gasteiger charge is -2.19. The van der Waals surface area contributed by atoms with E-state index in [9.17, 15) is 14.4 Å². The van der Waals surface area contributed by atoms with E-state index >= 15 is 0 Å². The number of ether oxygens (including phenoxy) is 3. The molecular weight excluding hydrogens is 487 g/mol. The van der Waals surface area contributed by atoms with Gasteiger partial charge in [0.2, 0.25) is 5.95 Å². The summed E-state index contributed by atoms with van der Waals surface area (Å²) in [7, 11) is 0. The molecule has 12 heteroatoms. The van der Waals surface area contributed by atoms with Crippen molar-refractivity contribution in [2.75, 3.05) is 12.3 Å². The quantitative estimate of drug-likeness (QED) is 0.502. The molecule has 34 heavy (non-hydrogen) atoms. The van der Waals surface area contributed by atoms with Crippen molar-refractivity contribution in [3.63, 3.8) is 0 Å². The van der Waals surface area contributed by atoms with Gasteiger partial charge in [0, 0.05) is 16.5 Å². The summed E-state index contributed by atoms with van der Waals surface area (Å²) < 4.78 is 18.0. The molecule has 0 spiro atoms. The predicted octanol–water partition coefficient (Wildman–Crippen LogP) is 2.90. The topological polar surface area (TPSA) is 136 Å². The average Bonchev–Trinajstić information content (AvgIpc) is 3.20. The van der Waals surface area contributed by atoms with Gasteiger partial charge in [-0.25, -0.2) is 19.4 Å². The average molecular weight is 505 g/mol. The van der Waals surface area contributed by atoms with E-state index in [0.717, 1.165) is 4.57 Å². The Balaban J connectivity index is 1.50. The Bertz CT molecular complexity index is 1250. The number of rotatable bonds is 6. The molecule has 0 bridgehead atoms. The highest BCUT2D eigenvalue weighted by molar-refractivity contribution is 6.31. The van der Waals surface area contributed by atoms with Gasteiger partial charge < -0.3 is 19.9 Å². The summed E-state index contributed by atoms with van der Waals surface area (Å²) in [6.07, 6.45) is -1.28. The van der Waals surface area contributed by atoms with Crippen molar-refractivity contribution in [1.29, 1.82) is 0 Å². The Morgan fingerprint density at radius 1 is 1.03 bits per heavy atom. The number of hydrogen-bond donors (Lipinski definition) is 1. The summed E-state index contributed by atoms with van der Waals surface area (Å²) >= 11 is 11.7. The van der Waals surface area contributed by atoms with Crippen LogP contribution in [0.1, 0.15) is 33.4 Å². The van der Waals surface area contributed by atoms with Crippen molar-refractivity contribution in [2.24, 2.45) is 0 Å². The monoisotopic (exact) mass is 504 g/mol. The maximum Gasteiger partial charge on any atom is 0.354 e. The smallest absolute Gasteiger partial charge is 0.354 e. The number of halogens is 2. The van der Waals surface area contributed by atoms with Crippen LogP contribution in [0.25, 0.3) is 0 Å². The minimum absolute atomic E-state index is 0.0929. The number of nitrogens with two attached hydrogens (primary N) is 1. The minimum atomic E-state index is -0.865. The zero-order valence-corrected chi connectivity index (χ0v) is 19.0. The molecule has 1 unspecified atom stereocenters. The van der Waals surface area contributed by atoms with Crippen molar-refractivity contribution < 1.29 is 23.8 Å². The van der Waals surface area contributed by atoms with E-state index in [1.807, 2.05) is 0 Å². The third kappa shape index (κ3) is 5.53. The van der Waals surface area contributed by atoms with Crippen LogP contribution in [0.4, 0.5) is 5.95 Å². The van der Waals surface area contributed by atoms with Crippen molar-refractivity contribution >= 4 is 41.1 Å². The first-order valence-corrected chi connectivity index (χ1v) is 10.8. The van der Waals surface area contributed by atoms with Gasteiger partial charge in [-0.05, 0) is 48.5 Å². The fourth-order valence-electron chi connectivity index (χ4n) is 3.32. The largest absolute Gasteiger partial charge is 0.459 e. The number of aromatic nitrogens is 3. The molecule has 1 aliphatic heterocycles. The molecule has 176 valence electrons. The second-order valence-electron chi connectivity index (χ2n) is 7.33. The summed E-state index contributed by atoms with van der Waals surface area (Å²) in [5.41, 5.74) is 5.33. The van der Waals surface area contributed by atoms with Gasteiger partial charge >= 0.3 is 17.6 Å². The second kappa shape index (κ2) is 10.2. The Kier molecular flexibility index (Phi) is 7.11. The van der Waals surface area contributed by atoms with E-state index in [4.69, 9.17) is 43.1 Å². The fourth-order valence-corrected chi connectivity index (χ4v) is 3.57. The number of esters is 2. The van der Waals surface area contributed by atoms with Crippen LogP contribution in [0.2, 0.25) is 10.0 Å². The molecular formula is C22H18Cl2N4O6. The SMILES string of the molecule is Nc1ncn([C@@H]2CC(OC(=O)c3ccc(Cl)cc3)[C@@H](COC(=O)c3ccc(Cl)cc3)O2)c(=O)n1. The Labute approximate surface area is 203 Å². The molecule has 2 N–H and O–H groups in total. The molecule has 1 saturated heterocycles. The molecule has 0 amide bonds. The molecule has 0 aliphatic carbocycles. The van der Waals surface area contributed by atoms with E-state index in [0.29, 0.717) is 10.0 Å². The molecule has 2 aromatic carbocycles. The number of carbonyl (C=O) groups is 2. The van der Waals surface area contributed by atoms with Crippen molar-refractivity contribution in [1.82, 2.24) is 14.5 Å². The number of hydrogen-bond acceptors (Lipinski definition) is 9. The van der Waals surface area contributed by atoms with Crippen LogP contribution in [-0.2, 0) is 14.2 Å². The molecule has 4 rings (SSSR count). The number of anilines is 1. The van der Waals surface area contributed by atoms with Crippen LogP contribution in [0, 0.1) is 0 Å². The molecule has 1 aromatic heterocycles. The first kappa shape index (κ1) is 23.7. The highest BCUT2D eigenvalue weighted by Gasteiger charge is 2.40. The first-order chi connectivity index (χ1) is 16.3. The zero-order chi connectivity index (χ0) is 24.2. The number of carbonyl (C=O) groups excluding carboxylic acids is 2. The number of nitrogens with zero attached hydrogens (tertiary/aromatic N) is 3. The van der Waals surface area contributed by atoms with Gasteiger partial charge in [0.15, 0.2) is 0 Å². The third-order valence-electron chi connectivity index (χ3n) is 5.03. The van der Waals surface area contributed by atoms with Gasteiger partial charge in [-0.3, -0.25) is 4.57 Å². The Morgan fingerprint density at radius 2 is 1.62 bits per heavy atom. The van der Waals surface area contributed by atoms with Gasteiger partial charge in [0.05, 0.1) is 11.1 Å². The molecule has 2 heterocycles. The van der Waals surface area contributed by atoms with Crippen molar-refractivity contribution in [3.05, 3.63) is 86.5 Å². The standard InChI is InChI=1S/C22H18Cl2N4O6/c23-14-5-1-12(2-6-14)19(29)32-10-17-16(34-20(30)13-3-7-15(24)8-4-13)9-18(33-17)28-11-26-21(25)27-22(28)31/h1-8,11,16-18H,9-10H2,(H2,25,27,31)/t16?,17-,18+/m1/s1. The van der Waals surface area contributed by atoms with E-state index in [-0.39, 0.29) is 30.1 Å². The zero-order valence-electron chi connectivity index (χ0n) is 17.5. The highest BCUT2D eigenvalue weighted by Crippen LogP contribution is 2.31. The molecule has 0 saturated carbocycles. The van der Waals surface area contributed by atoms with E-state index in [1.165, 1.54) is 30.6 Å². The van der Waals surface area contributed by atoms with E-state index in [1.54, 1.807) is 24.3 Å². The highest BCUT2D eigenvalue weighted by atomic mass is 35.5. The summed E-state index contributed by atoms with van der Waals surface area (Å²) in [4.78, 5) is 44.7. The van der Waals surface area contributed by atoms with Gasteiger partial charge in [-0.15, -0.1) is 0 Å². The predicted molar refractivity (Wildman–Crippen MR) is 122 cm³/mol. The molecule has 1 aliphatic rings. The maximum atomic E-state index is 12.7. The van der Waals surface area contributed by atoms with Crippen LogP contribution < -0.4 is 11.4 Å². The van der Waals surface area contributed by atoms with Crippen LogP contribution in [0.15, 0.2) is 59.7 Å². The third-order valence-corrected chi connectivity index (χ3v) is 5.54. The van der Waals surface area contributed by atoms with E-state index < -0.39 is 36.1 Å². The lowest BCUT2D eigenvalue weighted by atomic mass is 10.1. The van der Waals surface area contributed by atoms with Crippen LogP contribution in [-0.4, -0.2) is 45.3 Å². The van der Waals surface area contributed by atoms with Crippen LogP contribution in [0.5, 0.6) is 0 Å². The summed E-state index contributed by atoms with van der Waals surface area (Å²) in [5.74, 6) is -1.42. The van der Waals surface area contributed by atoms with Crippen LogP contribution in [0.3, 0.4) is 0 Å².